The van der Waals surface area contributed by atoms with Crippen LogP contribution in [0, 0.1) is 0 Å². The lowest BCUT2D eigenvalue weighted by molar-refractivity contribution is -0.144. The highest BCUT2D eigenvalue weighted by atomic mass is 35.5. The first-order valence-electron chi connectivity index (χ1n) is 6.01. The molecule has 0 bridgehead atoms. The molecule has 1 unspecified atom stereocenters. The fraction of sp³-hybridized carbons (Fsp3) is 0.636. The molecule has 7 heteroatoms. The Hall–Kier alpha value is -1.11. The minimum Gasteiger partial charge on any atom is -0.480 e. The van der Waals surface area contributed by atoms with Crippen molar-refractivity contribution in [1.29, 1.82) is 0 Å². The summed E-state index contributed by atoms with van der Waals surface area (Å²) in [6.07, 6.45) is 1.43. The van der Waals surface area contributed by atoms with Gasteiger partial charge in [0.25, 0.3) is 0 Å². The Morgan fingerprint density at radius 3 is 2.67 bits per heavy atom. The molecule has 2 rings (SSSR count). The van der Waals surface area contributed by atoms with E-state index >= 15 is 0 Å². The zero-order valence-corrected chi connectivity index (χ0v) is 11.0. The number of H-pyrrole nitrogens is 1. The van der Waals surface area contributed by atoms with E-state index in [4.69, 9.17) is 11.6 Å². The highest BCUT2D eigenvalue weighted by Gasteiger charge is 2.32. The predicted octanol–water partition coefficient (Wildman–Crippen LogP) is 0.826. The number of carboxylic acid groups (broad SMARTS) is 1. The van der Waals surface area contributed by atoms with Crippen LogP contribution < -0.4 is 0 Å². The first kappa shape index (κ1) is 13.3. The predicted molar refractivity (Wildman–Crippen MR) is 67.7 cm³/mol. The summed E-state index contributed by atoms with van der Waals surface area (Å²) < 4.78 is 0. The number of rotatable bonds is 4. The van der Waals surface area contributed by atoms with E-state index in [1.54, 1.807) is 0 Å². The summed E-state index contributed by atoms with van der Waals surface area (Å²) in [6.45, 7) is 6.31. The van der Waals surface area contributed by atoms with E-state index in [2.05, 4.69) is 21.8 Å². The van der Waals surface area contributed by atoms with Gasteiger partial charge in [-0.15, -0.1) is 0 Å². The number of nitrogens with zero attached hydrogens (tertiary/aromatic N) is 3. The van der Waals surface area contributed by atoms with Crippen molar-refractivity contribution >= 4 is 17.6 Å². The van der Waals surface area contributed by atoms with Gasteiger partial charge in [0.15, 0.2) is 11.2 Å². The van der Waals surface area contributed by atoms with Crippen LogP contribution in [0.1, 0.15) is 18.7 Å². The highest BCUT2D eigenvalue weighted by molar-refractivity contribution is 6.30. The van der Waals surface area contributed by atoms with Crippen molar-refractivity contribution in [2.45, 2.75) is 13.0 Å². The molecule has 18 heavy (non-hydrogen) atoms. The van der Waals surface area contributed by atoms with E-state index in [1.807, 2.05) is 4.90 Å². The minimum absolute atomic E-state index is 0.236. The molecule has 1 aliphatic heterocycles. The molecule has 1 atom stereocenters. The maximum Gasteiger partial charge on any atom is 0.327 e. The van der Waals surface area contributed by atoms with Gasteiger partial charge >= 0.3 is 5.97 Å². The van der Waals surface area contributed by atoms with Gasteiger partial charge in [0.1, 0.15) is 0 Å². The van der Waals surface area contributed by atoms with E-state index < -0.39 is 12.0 Å². The van der Waals surface area contributed by atoms with E-state index in [0.717, 1.165) is 32.7 Å². The lowest BCUT2D eigenvalue weighted by Gasteiger charge is -2.36. The second-order valence-corrected chi connectivity index (χ2v) is 4.68. The molecule has 2 N–H and O–H groups in total. The van der Waals surface area contributed by atoms with E-state index in [9.17, 15) is 9.90 Å². The minimum atomic E-state index is -0.897. The summed E-state index contributed by atoms with van der Waals surface area (Å²) in [4.78, 5) is 22.3. The van der Waals surface area contributed by atoms with Gasteiger partial charge in [0.2, 0.25) is 0 Å². The molecule has 100 valence electrons. The number of hydrogen-bond acceptors (Lipinski definition) is 4. The second-order valence-electron chi connectivity index (χ2n) is 4.32. The Kier molecular flexibility index (Phi) is 4.21. The molecule has 0 radical (unpaired) electrons. The van der Waals surface area contributed by atoms with Crippen LogP contribution in [-0.2, 0) is 4.79 Å². The quantitative estimate of drug-likeness (QED) is 0.849. The Bertz CT molecular complexity index is 415. The zero-order chi connectivity index (χ0) is 13.1. The molecule has 0 aliphatic carbocycles. The van der Waals surface area contributed by atoms with Gasteiger partial charge in [0.05, 0.1) is 12.0 Å². The average Bonchev–Trinajstić information content (AvgIpc) is 2.76. The van der Waals surface area contributed by atoms with E-state index in [0.29, 0.717) is 5.69 Å². The largest absolute Gasteiger partial charge is 0.480 e. The van der Waals surface area contributed by atoms with Crippen LogP contribution in [0.2, 0.25) is 5.15 Å². The second kappa shape index (κ2) is 5.69. The lowest BCUT2D eigenvalue weighted by atomic mass is 10.1. The maximum atomic E-state index is 11.4. The number of aromatic nitrogens is 2. The van der Waals surface area contributed by atoms with Gasteiger partial charge in [0, 0.05) is 26.2 Å². The number of piperazine rings is 1. The fourth-order valence-electron chi connectivity index (χ4n) is 2.28. The normalized spacial score (nSPS) is 19.9. The molecule has 0 spiro atoms. The van der Waals surface area contributed by atoms with Gasteiger partial charge in [-0.05, 0) is 6.54 Å². The molecular weight excluding hydrogens is 256 g/mol. The number of aromatic amines is 1. The van der Waals surface area contributed by atoms with E-state index in [-0.39, 0.29) is 5.15 Å². The van der Waals surface area contributed by atoms with Crippen LogP contribution in [0.5, 0.6) is 0 Å². The molecule has 1 aromatic heterocycles. The Morgan fingerprint density at radius 2 is 2.22 bits per heavy atom. The van der Waals surface area contributed by atoms with Crippen molar-refractivity contribution in [3.63, 3.8) is 0 Å². The first-order chi connectivity index (χ1) is 8.63. The number of aliphatic carboxylic acids is 1. The molecule has 1 aromatic rings. The molecule has 1 fully saturated rings. The fourth-order valence-corrected chi connectivity index (χ4v) is 2.49. The summed E-state index contributed by atoms with van der Waals surface area (Å²) >= 11 is 5.91. The third-order valence-corrected chi connectivity index (χ3v) is 3.65. The third kappa shape index (κ3) is 2.66. The van der Waals surface area contributed by atoms with Gasteiger partial charge in [-0.2, -0.15) is 0 Å². The van der Waals surface area contributed by atoms with Crippen LogP contribution in [-0.4, -0.2) is 63.6 Å². The molecule has 6 nitrogen and oxygen atoms in total. The van der Waals surface area contributed by atoms with Crippen LogP contribution in [0.15, 0.2) is 6.33 Å². The lowest BCUT2D eigenvalue weighted by Crippen LogP contribution is -2.49. The molecule has 2 heterocycles. The Labute approximate surface area is 111 Å². The van der Waals surface area contributed by atoms with Gasteiger partial charge in [-0.1, -0.05) is 18.5 Å². The molecular formula is C11H17ClN4O2. The van der Waals surface area contributed by atoms with Crippen LogP contribution in [0.25, 0.3) is 0 Å². The van der Waals surface area contributed by atoms with Crippen molar-refractivity contribution in [1.82, 2.24) is 19.8 Å². The van der Waals surface area contributed by atoms with Crippen LogP contribution >= 0.6 is 11.6 Å². The van der Waals surface area contributed by atoms with Crippen molar-refractivity contribution in [3.05, 3.63) is 17.2 Å². The smallest absolute Gasteiger partial charge is 0.327 e. The summed E-state index contributed by atoms with van der Waals surface area (Å²) in [6, 6.07) is -0.737. The molecule has 1 saturated heterocycles. The third-order valence-electron chi connectivity index (χ3n) is 3.35. The van der Waals surface area contributed by atoms with Crippen molar-refractivity contribution in [2.24, 2.45) is 0 Å². The monoisotopic (exact) mass is 272 g/mol. The first-order valence-corrected chi connectivity index (χ1v) is 6.39. The van der Waals surface area contributed by atoms with E-state index in [1.165, 1.54) is 6.33 Å². The standard InChI is InChI=1S/C11H17ClN4O2/c1-2-15-3-5-16(6-4-15)9(11(17)18)8-10(12)14-7-13-8/h7,9H,2-6H2,1H3,(H,13,14)(H,17,18). The number of nitrogens with one attached hydrogen (secondary N) is 1. The Balaban J connectivity index is 2.13. The topological polar surface area (TPSA) is 72.5 Å². The van der Waals surface area contributed by atoms with Crippen molar-refractivity contribution in [3.8, 4) is 0 Å². The zero-order valence-electron chi connectivity index (χ0n) is 10.3. The number of hydrogen-bond donors (Lipinski definition) is 2. The highest BCUT2D eigenvalue weighted by Crippen LogP contribution is 2.25. The number of halogens is 1. The summed E-state index contributed by atoms with van der Waals surface area (Å²) in [5.74, 6) is -0.897. The molecule has 1 aliphatic rings. The molecule has 0 saturated carbocycles. The number of likely N-dealkylation sites (N-methyl/N-ethyl adjacent to an activating group) is 1. The molecule has 0 amide bonds. The summed E-state index contributed by atoms with van der Waals surface area (Å²) in [5.41, 5.74) is 0.467. The molecule has 0 aromatic carbocycles. The number of imidazole rings is 1. The average molecular weight is 273 g/mol. The van der Waals surface area contributed by atoms with Crippen LogP contribution in [0.4, 0.5) is 0 Å². The summed E-state index contributed by atoms with van der Waals surface area (Å²) in [7, 11) is 0. The van der Waals surface area contributed by atoms with Gasteiger partial charge in [-0.25, -0.2) is 4.98 Å². The van der Waals surface area contributed by atoms with Crippen molar-refractivity contribution < 1.29 is 9.90 Å². The Morgan fingerprint density at radius 1 is 1.56 bits per heavy atom. The van der Waals surface area contributed by atoms with Crippen molar-refractivity contribution in [2.75, 3.05) is 32.7 Å². The number of carbonyl (C=O) groups is 1. The van der Waals surface area contributed by atoms with Crippen LogP contribution in [0.3, 0.4) is 0 Å². The number of carboxylic acids is 1. The SMILES string of the molecule is CCN1CCN(C(C(=O)O)c2[nH]cnc2Cl)CC1. The van der Waals surface area contributed by atoms with Gasteiger partial charge < -0.3 is 15.0 Å². The maximum absolute atomic E-state index is 11.4. The van der Waals surface area contributed by atoms with Gasteiger partial charge in [-0.3, -0.25) is 9.69 Å². The summed E-state index contributed by atoms with van der Waals surface area (Å²) in [5, 5.41) is 9.62.